The summed E-state index contributed by atoms with van der Waals surface area (Å²) < 4.78 is 5.42. The quantitative estimate of drug-likeness (QED) is 0.550. The zero-order valence-corrected chi connectivity index (χ0v) is 8.05. The van der Waals surface area contributed by atoms with Crippen molar-refractivity contribution in [3.8, 4) is 0 Å². The summed E-state index contributed by atoms with van der Waals surface area (Å²) in [6.07, 6.45) is -2.02. The van der Waals surface area contributed by atoms with Crippen molar-refractivity contribution in [1.82, 2.24) is 0 Å². The molecule has 4 nitrogen and oxygen atoms in total. The van der Waals surface area contributed by atoms with Gasteiger partial charge in [0.1, 0.15) is 6.10 Å². The summed E-state index contributed by atoms with van der Waals surface area (Å²) in [5.74, 6) is 0.138. The highest BCUT2D eigenvalue weighted by molar-refractivity contribution is 4.86. The summed E-state index contributed by atoms with van der Waals surface area (Å²) in [6.45, 7) is 3.73. The Kier molecular flexibility index (Phi) is 3.67. The van der Waals surface area contributed by atoms with E-state index >= 15 is 0 Å². The molecule has 2 unspecified atom stereocenters. The Morgan fingerprint density at radius 2 is 2.00 bits per heavy atom. The second kappa shape index (κ2) is 4.37. The Morgan fingerprint density at radius 1 is 1.38 bits per heavy atom. The minimum atomic E-state index is -0.831. The van der Waals surface area contributed by atoms with E-state index < -0.39 is 12.2 Å². The first-order valence-electron chi connectivity index (χ1n) is 4.68. The van der Waals surface area contributed by atoms with Gasteiger partial charge in [0.05, 0.1) is 24.9 Å². The zero-order chi connectivity index (χ0) is 10.0. The average molecular weight is 190 g/mol. The smallest absolute Gasteiger partial charge is 0.106 e. The molecular weight excluding hydrogens is 172 g/mol. The fourth-order valence-corrected chi connectivity index (χ4v) is 1.66. The van der Waals surface area contributed by atoms with Crippen molar-refractivity contribution in [2.24, 2.45) is 5.92 Å². The van der Waals surface area contributed by atoms with Crippen LogP contribution in [0.25, 0.3) is 0 Å². The molecule has 4 atom stereocenters. The Balaban J connectivity index is 2.60. The molecule has 1 aliphatic heterocycles. The number of rotatable bonds is 2. The van der Waals surface area contributed by atoms with Gasteiger partial charge in [0.15, 0.2) is 0 Å². The van der Waals surface area contributed by atoms with Gasteiger partial charge in [-0.05, 0) is 5.92 Å². The predicted octanol–water partition coefficient (Wildman–Crippen LogP) is -0.486. The minimum absolute atomic E-state index is 0.104. The largest absolute Gasteiger partial charge is 0.394 e. The molecule has 13 heavy (non-hydrogen) atoms. The van der Waals surface area contributed by atoms with Crippen LogP contribution < -0.4 is 0 Å². The lowest BCUT2D eigenvalue weighted by molar-refractivity contribution is -0.189. The van der Waals surface area contributed by atoms with E-state index in [2.05, 4.69) is 0 Å². The predicted molar refractivity (Wildman–Crippen MR) is 47.2 cm³/mol. The molecule has 1 aliphatic rings. The second-order valence-corrected chi connectivity index (χ2v) is 3.94. The lowest BCUT2D eigenvalue weighted by Crippen LogP contribution is -2.51. The Morgan fingerprint density at radius 3 is 2.46 bits per heavy atom. The summed E-state index contributed by atoms with van der Waals surface area (Å²) in [5.41, 5.74) is 0. The Labute approximate surface area is 78.1 Å². The molecule has 0 aromatic carbocycles. The van der Waals surface area contributed by atoms with Crippen LogP contribution in [0, 0.1) is 5.92 Å². The number of aliphatic hydroxyl groups excluding tert-OH is 3. The van der Waals surface area contributed by atoms with Crippen molar-refractivity contribution in [3.05, 3.63) is 0 Å². The van der Waals surface area contributed by atoms with Gasteiger partial charge in [0.2, 0.25) is 0 Å². The third kappa shape index (κ3) is 2.40. The highest BCUT2D eigenvalue weighted by atomic mass is 16.5. The number of ether oxygens (including phenoxy) is 1. The van der Waals surface area contributed by atoms with Gasteiger partial charge in [-0.15, -0.1) is 0 Å². The van der Waals surface area contributed by atoms with Gasteiger partial charge in [-0.3, -0.25) is 0 Å². The van der Waals surface area contributed by atoms with Crippen LogP contribution in [-0.2, 0) is 4.74 Å². The fraction of sp³-hybridized carbons (Fsp3) is 1.00. The summed E-state index contributed by atoms with van der Waals surface area (Å²) in [7, 11) is 0. The van der Waals surface area contributed by atoms with E-state index in [4.69, 9.17) is 9.84 Å². The SMILES string of the molecule is CC(C)[C@@H]1OC(CO)CC(O)[C@H]1O. The third-order valence-corrected chi connectivity index (χ3v) is 2.45. The Hall–Kier alpha value is -0.160. The van der Waals surface area contributed by atoms with E-state index in [1.54, 1.807) is 0 Å². The van der Waals surface area contributed by atoms with Gasteiger partial charge in [0, 0.05) is 6.42 Å². The van der Waals surface area contributed by atoms with Crippen molar-refractivity contribution in [1.29, 1.82) is 0 Å². The number of hydrogen-bond acceptors (Lipinski definition) is 4. The lowest BCUT2D eigenvalue weighted by atomic mass is 9.91. The van der Waals surface area contributed by atoms with E-state index in [-0.39, 0.29) is 24.7 Å². The molecule has 0 spiro atoms. The van der Waals surface area contributed by atoms with Crippen molar-refractivity contribution < 1.29 is 20.1 Å². The second-order valence-electron chi connectivity index (χ2n) is 3.94. The maximum absolute atomic E-state index is 9.56. The monoisotopic (exact) mass is 190 g/mol. The van der Waals surface area contributed by atoms with E-state index in [1.165, 1.54) is 0 Å². The molecule has 78 valence electrons. The maximum Gasteiger partial charge on any atom is 0.106 e. The molecule has 4 heteroatoms. The van der Waals surface area contributed by atoms with E-state index in [0.717, 1.165) is 0 Å². The van der Waals surface area contributed by atoms with Crippen molar-refractivity contribution >= 4 is 0 Å². The summed E-state index contributed by atoms with van der Waals surface area (Å²) in [5, 5.41) is 27.9. The molecule has 1 saturated heterocycles. The first-order chi connectivity index (χ1) is 6.06. The highest BCUT2D eigenvalue weighted by Gasteiger charge is 2.37. The van der Waals surface area contributed by atoms with Crippen LogP contribution in [0.3, 0.4) is 0 Å². The number of aliphatic hydroxyl groups is 3. The third-order valence-electron chi connectivity index (χ3n) is 2.45. The van der Waals surface area contributed by atoms with Gasteiger partial charge >= 0.3 is 0 Å². The molecule has 3 N–H and O–H groups in total. The molecule has 0 saturated carbocycles. The molecule has 1 fully saturated rings. The average Bonchev–Trinajstić information content (AvgIpc) is 2.09. The van der Waals surface area contributed by atoms with Crippen molar-refractivity contribution in [2.75, 3.05) is 6.61 Å². The van der Waals surface area contributed by atoms with Crippen LogP contribution in [-0.4, -0.2) is 46.3 Å². The molecular formula is C9H18O4. The molecule has 0 radical (unpaired) electrons. The molecule has 0 aromatic rings. The summed E-state index contributed by atoms with van der Waals surface area (Å²) >= 11 is 0. The van der Waals surface area contributed by atoms with Gasteiger partial charge in [-0.1, -0.05) is 13.8 Å². The maximum atomic E-state index is 9.56. The van der Waals surface area contributed by atoms with Crippen LogP contribution in [0.5, 0.6) is 0 Å². The van der Waals surface area contributed by atoms with E-state index in [9.17, 15) is 10.2 Å². The first kappa shape index (κ1) is 10.9. The molecule has 0 amide bonds. The normalized spacial score (nSPS) is 41.1. The van der Waals surface area contributed by atoms with Gasteiger partial charge in [-0.2, -0.15) is 0 Å². The molecule has 0 bridgehead atoms. The number of hydrogen-bond donors (Lipinski definition) is 3. The van der Waals surface area contributed by atoms with Gasteiger partial charge < -0.3 is 20.1 Å². The lowest BCUT2D eigenvalue weighted by Gasteiger charge is -2.38. The van der Waals surface area contributed by atoms with E-state index in [1.807, 2.05) is 13.8 Å². The highest BCUT2D eigenvalue weighted by Crippen LogP contribution is 2.24. The van der Waals surface area contributed by atoms with Crippen LogP contribution in [0.1, 0.15) is 20.3 Å². The molecule has 0 aliphatic carbocycles. The Bertz CT molecular complexity index is 160. The van der Waals surface area contributed by atoms with Gasteiger partial charge in [-0.25, -0.2) is 0 Å². The summed E-state index contributed by atoms with van der Waals surface area (Å²) in [6, 6.07) is 0. The topological polar surface area (TPSA) is 69.9 Å². The standard InChI is InChI=1S/C9H18O4/c1-5(2)9-8(12)7(11)3-6(4-10)13-9/h5-12H,3-4H2,1-2H3/t6?,7?,8-,9+/m1/s1. The van der Waals surface area contributed by atoms with Crippen molar-refractivity contribution in [2.45, 2.75) is 44.7 Å². The van der Waals surface area contributed by atoms with Crippen LogP contribution in [0.2, 0.25) is 0 Å². The first-order valence-corrected chi connectivity index (χ1v) is 4.68. The van der Waals surface area contributed by atoms with Crippen LogP contribution in [0.4, 0.5) is 0 Å². The van der Waals surface area contributed by atoms with Crippen LogP contribution in [0.15, 0.2) is 0 Å². The van der Waals surface area contributed by atoms with Crippen molar-refractivity contribution in [3.63, 3.8) is 0 Å². The zero-order valence-electron chi connectivity index (χ0n) is 8.05. The minimum Gasteiger partial charge on any atom is -0.394 e. The summed E-state index contributed by atoms with van der Waals surface area (Å²) in [4.78, 5) is 0. The van der Waals surface area contributed by atoms with Crippen LogP contribution >= 0.6 is 0 Å². The molecule has 1 rings (SSSR count). The fourth-order valence-electron chi connectivity index (χ4n) is 1.66. The van der Waals surface area contributed by atoms with Gasteiger partial charge in [0.25, 0.3) is 0 Å². The molecule has 1 heterocycles. The molecule has 0 aromatic heterocycles. The van der Waals surface area contributed by atoms with E-state index in [0.29, 0.717) is 6.42 Å².